The van der Waals surface area contributed by atoms with Crippen LogP contribution in [0.5, 0.6) is 0 Å². The molecule has 6 heteroatoms. The van der Waals surface area contributed by atoms with E-state index >= 15 is 0 Å². The second-order valence-electron chi connectivity index (χ2n) is 32.1. The van der Waals surface area contributed by atoms with Gasteiger partial charge in [0.15, 0.2) is 17.5 Å². The normalized spacial score (nSPS) is 12.2. The van der Waals surface area contributed by atoms with Crippen LogP contribution >= 0.6 is 0 Å². The van der Waals surface area contributed by atoms with Gasteiger partial charge in [-0.25, -0.2) is 15.0 Å². The van der Waals surface area contributed by atoms with Crippen LogP contribution in [0.25, 0.3) is 156 Å². The lowest BCUT2D eigenvalue weighted by atomic mass is 9.79. The molecule has 0 aliphatic heterocycles. The molecule has 0 amide bonds. The van der Waals surface area contributed by atoms with Crippen LogP contribution in [0.1, 0.15) is 111 Å². The van der Waals surface area contributed by atoms with Crippen LogP contribution in [0.4, 0.5) is 0 Å². The van der Waals surface area contributed by atoms with Gasteiger partial charge in [0.1, 0.15) is 0 Å². The van der Waals surface area contributed by atoms with Gasteiger partial charge in [0.25, 0.3) is 0 Å². The summed E-state index contributed by atoms with van der Waals surface area (Å²) in [6.45, 7) is 27.4. The van der Waals surface area contributed by atoms with Crippen molar-refractivity contribution in [2.75, 3.05) is 0 Å². The van der Waals surface area contributed by atoms with Crippen molar-refractivity contribution in [1.82, 2.24) is 24.1 Å². The summed E-state index contributed by atoms with van der Waals surface area (Å²) < 4.78 is 4.96. The van der Waals surface area contributed by atoms with Crippen molar-refractivity contribution in [3.8, 4) is 118 Å². The summed E-state index contributed by atoms with van der Waals surface area (Å²) in [4.78, 5) is 17.1. The largest absolute Gasteiger partial charge is 0.309 e. The third-order valence-electron chi connectivity index (χ3n) is 20.8. The van der Waals surface area contributed by atoms with Gasteiger partial charge < -0.3 is 9.13 Å². The number of rotatable bonds is 11. The molecule has 6 nitrogen and oxygen atoms in total. The Balaban J connectivity index is 1.04. The Morgan fingerprint density at radius 1 is 0.240 bits per heavy atom. The van der Waals surface area contributed by atoms with E-state index in [-0.39, 0.29) is 21.7 Å². The average Bonchev–Trinajstić information content (AvgIpc) is 1.56. The minimum atomic E-state index is -0.169. The summed E-state index contributed by atoms with van der Waals surface area (Å²) in [5, 5.41) is 15.0. The lowest BCUT2D eigenvalue weighted by Gasteiger charge is -2.26. The zero-order valence-corrected chi connectivity index (χ0v) is 61.4. The van der Waals surface area contributed by atoms with Gasteiger partial charge in [-0.2, -0.15) is 5.26 Å². The summed E-state index contributed by atoms with van der Waals surface area (Å²) in [5.74, 6) is 1.77. The lowest BCUT2D eigenvalue weighted by Crippen LogP contribution is -2.17. The predicted molar refractivity (Wildman–Crippen MR) is 437 cm³/mol. The van der Waals surface area contributed by atoms with Crippen LogP contribution in [-0.4, -0.2) is 24.1 Å². The summed E-state index contributed by atoms with van der Waals surface area (Å²) >= 11 is 0. The molecule has 0 saturated heterocycles. The molecule has 0 aliphatic carbocycles. The lowest BCUT2D eigenvalue weighted by molar-refractivity contribution is 0.568. The smallest absolute Gasteiger partial charge is 0.164 e. The van der Waals surface area contributed by atoms with Crippen LogP contribution < -0.4 is 0 Å². The van der Waals surface area contributed by atoms with Crippen LogP contribution in [0, 0.1) is 11.3 Å². The van der Waals surface area contributed by atoms with E-state index in [9.17, 15) is 5.26 Å². The molecule has 3 aromatic heterocycles. The van der Waals surface area contributed by atoms with Crippen LogP contribution in [0.3, 0.4) is 0 Å². The van der Waals surface area contributed by atoms with Gasteiger partial charge in [-0.1, -0.05) is 265 Å². The number of fused-ring (bicyclic) bond motifs is 6. The molecule has 0 aliphatic rings. The number of benzene rings is 13. The summed E-state index contributed by atoms with van der Waals surface area (Å²) in [7, 11) is 0. The fourth-order valence-corrected chi connectivity index (χ4v) is 14.8. The Kier molecular flexibility index (Phi) is 16.5. The standard InChI is InChI=1S/C98H84N6/c1-95(2,3)76-49-74(50-77(59-76)96(4,5)6)93-100-92(101-94(102-93)75-51-78(97(7,8)9)60-79(52-75)98(10,11)12)73-41-47-86(103-87-43-37-68(63-27-17-13-18-28-63)53-82(87)83-54-69(38-44-88(83)103)64-29-19-14-20-30-64)81(57-73)80-42-36-72(67-35-25-26-62(48-67)61-99)58-91(80)104-89-45-39-70(65-31-21-15-22-32-65)55-84(89)85-56-71(40-46-90(85)104)66-33-23-16-24-34-66/h13-60H,1-12H3. The maximum atomic E-state index is 10.5. The second-order valence-corrected chi connectivity index (χ2v) is 32.1. The van der Waals surface area contributed by atoms with Crippen molar-refractivity contribution in [1.29, 1.82) is 5.26 Å². The van der Waals surface area contributed by atoms with Crippen molar-refractivity contribution in [3.05, 3.63) is 319 Å². The zero-order chi connectivity index (χ0) is 72.0. The molecule has 0 atom stereocenters. The van der Waals surface area contributed by atoms with Crippen LogP contribution in [-0.2, 0) is 21.7 Å². The molecule has 13 aromatic carbocycles. The highest BCUT2D eigenvalue weighted by Crippen LogP contribution is 2.47. The third kappa shape index (κ3) is 12.6. The number of hydrogen-bond donors (Lipinski definition) is 0. The van der Waals surface area contributed by atoms with Gasteiger partial charge in [0.2, 0.25) is 0 Å². The molecule has 104 heavy (non-hydrogen) atoms. The fourth-order valence-electron chi connectivity index (χ4n) is 14.8. The SMILES string of the molecule is CC(C)(C)c1cc(-c2nc(-c3cc(C(C)(C)C)cc(C(C)(C)C)c3)nc(-c3ccc(-n4c5ccc(-c6ccccc6)cc5c5cc(-c6ccccc6)ccc54)c(-c4ccc(-c5cccc(C#N)c5)cc4-n4c5ccc(-c6ccccc6)cc5c5cc(-c6ccccc6)ccc54)c3)n2)cc(C(C)(C)C)c1. The van der Waals surface area contributed by atoms with Gasteiger partial charge in [-0.3, -0.25) is 0 Å². The number of aromatic nitrogens is 5. The Morgan fingerprint density at radius 3 is 0.904 bits per heavy atom. The topological polar surface area (TPSA) is 72.3 Å². The maximum Gasteiger partial charge on any atom is 0.164 e. The van der Waals surface area contributed by atoms with E-state index in [1.807, 2.05) is 18.2 Å². The van der Waals surface area contributed by atoms with E-state index < -0.39 is 0 Å². The fraction of sp³-hybridized carbons (Fsp3) is 0.163. The number of nitrogens with zero attached hydrogens (tertiary/aromatic N) is 6. The van der Waals surface area contributed by atoms with Gasteiger partial charge in [0, 0.05) is 49.4 Å². The Bertz CT molecular complexity index is 5710. The average molecular weight is 1350 g/mol. The zero-order valence-electron chi connectivity index (χ0n) is 61.4. The molecule has 506 valence electrons. The molecule has 16 rings (SSSR count). The van der Waals surface area contributed by atoms with Gasteiger partial charge in [-0.15, -0.1) is 0 Å². The quantitative estimate of drug-likeness (QED) is 0.129. The van der Waals surface area contributed by atoms with Gasteiger partial charge in [-0.05, 0) is 209 Å². The molecule has 0 unspecified atom stereocenters. The van der Waals surface area contributed by atoms with Crippen molar-refractivity contribution in [2.24, 2.45) is 0 Å². The van der Waals surface area contributed by atoms with Crippen molar-refractivity contribution >= 4 is 43.6 Å². The molecular weight excluding hydrogens is 1260 g/mol. The molecule has 3 heterocycles. The third-order valence-corrected chi connectivity index (χ3v) is 20.8. The first-order valence-electron chi connectivity index (χ1n) is 36.3. The van der Waals surface area contributed by atoms with Crippen molar-refractivity contribution in [3.63, 3.8) is 0 Å². The predicted octanol–water partition coefficient (Wildman–Crippen LogP) is 26.1. The number of hydrogen-bond acceptors (Lipinski definition) is 4. The van der Waals surface area contributed by atoms with Gasteiger partial charge >= 0.3 is 0 Å². The van der Waals surface area contributed by atoms with E-state index in [0.29, 0.717) is 23.0 Å². The van der Waals surface area contributed by atoms with E-state index in [2.05, 4.69) is 371 Å². The molecule has 0 spiro atoms. The van der Waals surface area contributed by atoms with Crippen molar-refractivity contribution < 1.29 is 0 Å². The first kappa shape index (κ1) is 66.5. The highest BCUT2D eigenvalue weighted by atomic mass is 15.0. The highest BCUT2D eigenvalue weighted by molar-refractivity contribution is 6.14. The van der Waals surface area contributed by atoms with E-state index in [4.69, 9.17) is 15.0 Å². The molecular formula is C98H84N6. The summed E-state index contributed by atoms with van der Waals surface area (Å²) in [5.41, 5.74) is 26.6. The molecule has 0 bridgehead atoms. The van der Waals surface area contributed by atoms with Gasteiger partial charge in [0.05, 0.1) is 45.1 Å². The van der Waals surface area contributed by atoms with E-state index in [1.54, 1.807) is 0 Å². The number of nitriles is 1. The van der Waals surface area contributed by atoms with E-state index in [0.717, 1.165) is 138 Å². The molecule has 0 saturated carbocycles. The molecule has 0 fully saturated rings. The summed E-state index contributed by atoms with van der Waals surface area (Å²) in [6.07, 6.45) is 0. The van der Waals surface area contributed by atoms with Crippen LogP contribution in [0.2, 0.25) is 0 Å². The Hall–Kier alpha value is -12.0. The highest BCUT2D eigenvalue weighted by Gasteiger charge is 2.29. The first-order chi connectivity index (χ1) is 50.0. The molecule has 16 aromatic rings. The first-order valence-corrected chi connectivity index (χ1v) is 36.3. The molecule has 0 N–H and O–H groups in total. The minimum absolute atomic E-state index is 0.169. The Labute approximate surface area is 611 Å². The second kappa shape index (κ2) is 25.8. The molecule has 0 radical (unpaired) electrons. The maximum absolute atomic E-state index is 10.5. The van der Waals surface area contributed by atoms with Crippen molar-refractivity contribution in [2.45, 2.75) is 105 Å². The van der Waals surface area contributed by atoms with E-state index in [1.165, 1.54) is 22.3 Å². The monoisotopic (exact) mass is 1340 g/mol. The Morgan fingerprint density at radius 2 is 0.548 bits per heavy atom. The minimum Gasteiger partial charge on any atom is -0.309 e. The summed E-state index contributed by atoms with van der Waals surface area (Å²) in [6, 6.07) is 109. The van der Waals surface area contributed by atoms with Crippen LogP contribution in [0.15, 0.2) is 291 Å².